The summed E-state index contributed by atoms with van der Waals surface area (Å²) < 4.78 is 12.9. The zero-order valence-corrected chi connectivity index (χ0v) is 22.3. The smallest absolute Gasteiger partial charge is 0.407 e. The zero-order valence-electron chi connectivity index (χ0n) is 22.3. The molecule has 0 fully saturated rings. The van der Waals surface area contributed by atoms with Crippen LogP contribution in [0.1, 0.15) is 42.8 Å². The second-order valence-electron chi connectivity index (χ2n) is 9.75. The highest BCUT2D eigenvalue weighted by Gasteiger charge is 2.29. The van der Waals surface area contributed by atoms with Crippen LogP contribution in [0.5, 0.6) is 5.75 Å². The second-order valence-corrected chi connectivity index (χ2v) is 9.75. The molecule has 1 heterocycles. The van der Waals surface area contributed by atoms with Crippen molar-refractivity contribution in [1.82, 2.24) is 14.9 Å². The molecule has 1 aromatic heterocycles. The summed E-state index contributed by atoms with van der Waals surface area (Å²) in [5.74, 6) is 1.06. The lowest BCUT2D eigenvalue weighted by Gasteiger charge is -2.20. The van der Waals surface area contributed by atoms with Gasteiger partial charge in [-0.05, 0) is 72.5 Å². The lowest BCUT2D eigenvalue weighted by molar-refractivity contribution is 0.139. The highest BCUT2D eigenvalue weighted by atomic mass is 16.5. The van der Waals surface area contributed by atoms with Crippen molar-refractivity contribution < 1.29 is 14.3 Å². The minimum atomic E-state index is -0.612. The first-order chi connectivity index (χ1) is 19.5. The predicted molar refractivity (Wildman–Crippen MR) is 155 cm³/mol. The van der Waals surface area contributed by atoms with Gasteiger partial charge in [0.25, 0.3) is 5.56 Å². The van der Waals surface area contributed by atoms with Crippen molar-refractivity contribution in [2.75, 3.05) is 13.2 Å². The molecule has 0 saturated carbocycles. The molecule has 0 bridgehead atoms. The Morgan fingerprint density at radius 2 is 1.52 bits per heavy atom. The van der Waals surface area contributed by atoms with Gasteiger partial charge in [0.2, 0.25) is 0 Å². The fourth-order valence-electron chi connectivity index (χ4n) is 5.43. The molecule has 1 amide bonds. The van der Waals surface area contributed by atoms with Gasteiger partial charge in [0, 0.05) is 5.92 Å². The van der Waals surface area contributed by atoms with Crippen molar-refractivity contribution in [2.24, 2.45) is 0 Å². The van der Waals surface area contributed by atoms with Crippen molar-refractivity contribution in [1.29, 1.82) is 0 Å². The molecule has 1 unspecified atom stereocenters. The lowest BCUT2D eigenvalue weighted by Crippen LogP contribution is -2.34. The van der Waals surface area contributed by atoms with Crippen LogP contribution >= 0.6 is 0 Å². The molecule has 5 aromatic rings. The SMILES string of the molecule is CCOc1ccc(-n2c(C(C)NC(=O)OCC3c4ccccc4-c4ccccc43)nc3ccccc3c2=O)cc1. The Bertz CT molecular complexity index is 1720. The number of ether oxygens (including phenoxy) is 2. The number of para-hydroxylation sites is 1. The first-order valence-corrected chi connectivity index (χ1v) is 13.4. The summed E-state index contributed by atoms with van der Waals surface area (Å²) in [5.41, 5.74) is 5.59. The number of nitrogens with zero attached hydrogens (tertiary/aromatic N) is 2. The van der Waals surface area contributed by atoms with Gasteiger partial charge in [0.05, 0.1) is 29.2 Å². The standard InChI is InChI=1S/C33H29N3O4/c1-3-39-23-18-16-22(17-19-23)36-31(35-30-15-9-8-14-28(30)32(36)37)21(2)34-33(38)40-20-29-26-12-6-4-10-24(26)25-11-5-7-13-27(25)29/h4-19,21,29H,3,20H2,1-2H3,(H,34,38). The first kappa shape index (κ1) is 25.4. The summed E-state index contributed by atoms with van der Waals surface area (Å²) in [5, 5.41) is 3.39. The third-order valence-corrected chi connectivity index (χ3v) is 7.27. The average molecular weight is 532 g/mol. The molecule has 7 heteroatoms. The first-order valence-electron chi connectivity index (χ1n) is 13.4. The van der Waals surface area contributed by atoms with Crippen LogP contribution in [0, 0.1) is 0 Å². The van der Waals surface area contributed by atoms with E-state index in [2.05, 4.69) is 29.6 Å². The number of carbonyl (C=O) groups excluding carboxylic acids is 1. The van der Waals surface area contributed by atoms with E-state index < -0.39 is 12.1 Å². The van der Waals surface area contributed by atoms with Crippen molar-refractivity contribution in [2.45, 2.75) is 25.8 Å². The number of hydrogen-bond donors (Lipinski definition) is 1. The van der Waals surface area contributed by atoms with Gasteiger partial charge in [-0.3, -0.25) is 9.36 Å². The summed E-state index contributed by atoms with van der Waals surface area (Å²) in [6, 6.07) is 30.3. The van der Waals surface area contributed by atoms with Gasteiger partial charge in [-0.15, -0.1) is 0 Å². The Kier molecular flexibility index (Phi) is 6.78. The van der Waals surface area contributed by atoms with Gasteiger partial charge in [0.15, 0.2) is 0 Å². The van der Waals surface area contributed by atoms with Gasteiger partial charge in [0.1, 0.15) is 18.2 Å². The molecule has 6 rings (SSSR count). The number of hydrogen-bond acceptors (Lipinski definition) is 5. The molecule has 0 saturated heterocycles. The van der Waals surface area contributed by atoms with Crippen LogP contribution in [0.15, 0.2) is 102 Å². The zero-order chi connectivity index (χ0) is 27.6. The highest BCUT2D eigenvalue weighted by molar-refractivity contribution is 5.79. The Hall–Kier alpha value is -4.91. The number of amides is 1. The van der Waals surface area contributed by atoms with Gasteiger partial charge < -0.3 is 14.8 Å². The van der Waals surface area contributed by atoms with Crippen molar-refractivity contribution in [3.8, 4) is 22.6 Å². The van der Waals surface area contributed by atoms with E-state index in [4.69, 9.17) is 14.5 Å². The monoisotopic (exact) mass is 531 g/mol. The minimum absolute atomic E-state index is 0.0470. The van der Waals surface area contributed by atoms with Gasteiger partial charge >= 0.3 is 6.09 Å². The molecule has 0 spiro atoms. The molecule has 1 N–H and O–H groups in total. The van der Waals surface area contributed by atoms with E-state index in [0.29, 0.717) is 34.8 Å². The van der Waals surface area contributed by atoms with Crippen LogP contribution in [-0.2, 0) is 4.74 Å². The third-order valence-electron chi connectivity index (χ3n) is 7.27. The lowest BCUT2D eigenvalue weighted by atomic mass is 9.98. The second kappa shape index (κ2) is 10.7. The molecular weight excluding hydrogens is 502 g/mol. The van der Waals surface area contributed by atoms with Crippen LogP contribution in [0.3, 0.4) is 0 Å². The summed E-state index contributed by atoms with van der Waals surface area (Å²) in [6.07, 6.45) is -0.574. The summed E-state index contributed by atoms with van der Waals surface area (Å²) in [4.78, 5) is 31.5. The number of carbonyl (C=O) groups is 1. The molecular formula is C33H29N3O4. The Morgan fingerprint density at radius 3 is 2.20 bits per heavy atom. The number of alkyl carbamates (subject to hydrolysis) is 1. The van der Waals surface area contributed by atoms with Crippen LogP contribution < -0.4 is 15.6 Å². The van der Waals surface area contributed by atoms with Gasteiger partial charge in [-0.1, -0.05) is 60.7 Å². The fraction of sp³-hybridized carbons (Fsp3) is 0.182. The Morgan fingerprint density at radius 1 is 0.900 bits per heavy atom. The molecule has 1 aliphatic carbocycles. The van der Waals surface area contributed by atoms with E-state index in [0.717, 1.165) is 11.1 Å². The molecule has 4 aromatic carbocycles. The number of benzene rings is 4. The van der Waals surface area contributed by atoms with Crippen LogP contribution in [-0.4, -0.2) is 28.9 Å². The minimum Gasteiger partial charge on any atom is -0.494 e. The molecule has 1 aliphatic rings. The Balaban J connectivity index is 1.26. The molecule has 7 nitrogen and oxygen atoms in total. The van der Waals surface area contributed by atoms with E-state index in [1.54, 1.807) is 19.1 Å². The Labute approximate surface area is 232 Å². The molecule has 0 radical (unpaired) electrons. The van der Waals surface area contributed by atoms with Gasteiger partial charge in [-0.25, -0.2) is 9.78 Å². The topological polar surface area (TPSA) is 82.4 Å². The van der Waals surface area contributed by atoms with Crippen molar-refractivity contribution in [3.63, 3.8) is 0 Å². The van der Waals surface area contributed by atoms with E-state index in [1.165, 1.54) is 15.7 Å². The van der Waals surface area contributed by atoms with E-state index >= 15 is 0 Å². The van der Waals surface area contributed by atoms with Gasteiger partial charge in [-0.2, -0.15) is 0 Å². The van der Waals surface area contributed by atoms with Crippen LogP contribution in [0.25, 0.3) is 27.7 Å². The molecule has 200 valence electrons. The van der Waals surface area contributed by atoms with Crippen LogP contribution in [0.2, 0.25) is 0 Å². The quantitative estimate of drug-likeness (QED) is 0.263. The normalized spacial score (nSPS) is 12.9. The largest absolute Gasteiger partial charge is 0.494 e. The summed E-state index contributed by atoms with van der Waals surface area (Å²) >= 11 is 0. The summed E-state index contributed by atoms with van der Waals surface area (Å²) in [6.45, 7) is 4.45. The number of nitrogens with one attached hydrogen (secondary N) is 1. The number of rotatable bonds is 7. The van der Waals surface area contributed by atoms with E-state index in [1.807, 2.05) is 67.6 Å². The van der Waals surface area contributed by atoms with Crippen molar-refractivity contribution >= 4 is 17.0 Å². The predicted octanol–water partition coefficient (Wildman–Crippen LogP) is 6.38. The molecule has 1 atom stereocenters. The number of aromatic nitrogens is 2. The van der Waals surface area contributed by atoms with Crippen molar-refractivity contribution in [3.05, 3.63) is 124 Å². The van der Waals surface area contributed by atoms with E-state index in [-0.39, 0.29) is 18.1 Å². The fourth-order valence-corrected chi connectivity index (χ4v) is 5.43. The third kappa shape index (κ3) is 4.60. The summed E-state index contributed by atoms with van der Waals surface area (Å²) in [7, 11) is 0. The maximum atomic E-state index is 13.6. The maximum absolute atomic E-state index is 13.6. The number of fused-ring (bicyclic) bond motifs is 4. The highest BCUT2D eigenvalue weighted by Crippen LogP contribution is 2.44. The average Bonchev–Trinajstić information content (AvgIpc) is 3.30. The van der Waals surface area contributed by atoms with E-state index in [9.17, 15) is 9.59 Å². The van der Waals surface area contributed by atoms with Crippen LogP contribution in [0.4, 0.5) is 4.79 Å². The molecule has 40 heavy (non-hydrogen) atoms. The maximum Gasteiger partial charge on any atom is 0.407 e. The molecule has 0 aliphatic heterocycles.